The van der Waals surface area contributed by atoms with Gasteiger partial charge in [-0.05, 0) is 26.1 Å². The highest BCUT2D eigenvalue weighted by molar-refractivity contribution is 5.79. The molecule has 22 heavy (non-hydrogen) atoms. The van der Waals surface area contributed by atoms with E-state index in [9.17, 15) is 0 Å². The smallest absolute Gasteiger partial charge is 0.191 e. The quantitative estimate of drug-likeness (QED) is 0.379. The van der Waals surface area contributed by atoms with Gasteiger partial charge in [0.05, 0.1) is 0 Å². The number of hydrogen-bond donors (Lipinski definition) is 2. The first-order valence-electron chi connectivity index (χ1n) is 8.28. The van der Waals surface area contributed by atoms with Gasteiger partial charge in [-0.2, -0.15) is 0 Å². The van der Waals surface area contributed by atoms with Crippen LogP contribution in [0.2, 0.25) is 0 Å². The zero-order chi connectivity index (χ0) is 16.2. The number of hydrogen-bond acceptors (Lipinski definition) is 4. The molecule has 0 fully saturated rings. The van der Waals surface area contributed by atoms with Crippen molar-refractivity contribution in [1.82, 2.24) is 30.3 Å². The van der Waals surface area contributed by atoms with Gasteiger partial charge in [0.2, 0.25) is 0 Å². The van der Waals surface area contributed by atoms with Crippen molar-refractivity contribution in [2.24, 2.45) is 4.99 Å². The van der Waals surface area contributed by atoms with Gasteiger partial charge in [0, 0.05) is 33.1 Å². The fourth-order valence-corrected chi connectivity index (χ4v) is 2.30. The van der Waals surface area contributed by atoms with Crippen molar-refractivity contribution in [2.75, 3.05) is 39.8 Å². The molecule has 126 valence electrons. The van der Waals surface area contributed by atoms with Gasteiger partial charge in [-0.3, -0.25) is 4.99 Å². The van der Waals surface area contributed by atoms with E-state index in [-0.39, 0.29) is 0 Å². The van der Waals surface area contributed by atoms with Gasteiger partial charge in [-0.15, -0.1) is 10.2 Å². The minimum Gasteiger partial charge on any atom is -0.356 e. The average Bonchev–Trinajstić information content (AvgIpc) is 3.00. The molecule has 1 aromatic rings. The van der Waals surface area contributed by atoms with Crippen LogP contribution in [-0.2, 0) is 13.0 Å². The molecule has 0 amide bonds. The largest absolute Gasteiger partial charge is 0.356 e. The van der Waals surface area contributed by atoms with Gasteiger partial charge in [0.25, 0.3) is 0 Å². The van der Waals surface area contributed by atoms with Crippen LogP contribution in [0.5, 0.6) is 0 Å². The molecule has 1 aromatic heterocycles. The highest BCUT2D eigenvalue weighted by Gasteiger charge is 2.02. The van der Waals surface area contributed by atoms with Crippen LogP contribution < -0.4 is 10.6 Å². The second-order valence-electron chi connectivity index (χ2n) is 5.10. The van der Waals surface area contributed by atoms with Gasteiger partial charge in [0.15, 0.2) is 5.96 Å². The highest BCUT2D eigenvalue weighted by Crippen LogP contribution is 1.94. The molecule has 0 aliphatic heterocycles. The maximum absolute atomic E-state index is 4.25. The second kappa shape index (κ2) is 11.0. The summed E-state index contributed by atoms with van der Waals surface area (Å²) in [4.78, 5) is 6.67. The summed E-state index contributed by atoms with van der Waals surface area (Å²) in [7, 11) is 1.80. The Morgan fingerprint density at radius 1 is 1.23 bits per heavy atom. The molecule has 0 saturated heterocycles. The van der Waals surface area contributed by atoms with E-state index in [2.05, 4.69) is 56.1 Å². The molecule has 0 saturated carbocycles. The SMILES string of the molecule is CCc1nncn1CCNC(=NC)NCCCN(CC)CC. The molecular formula is C15H31N7. The molecule has 0 aromatic carbocycles. The summed E-state index contributed by atoms with van der Waals surface area (Å²) >= 11 is 0. The summed E-state index contributed by atoms with van der Waals surface area (Å²) in [6, 6.07) is 0. The standard InChI is InChI=1S/C15H31N7/c1-5-14-20-19-13-22(14)12-10-18-15(16-4)17-9-8-11-21(6-2)7-3/h13H,5-12H2,1-4H3,(H2,16,17,18). The highest BCUT2D eigenvalue weighted by atomic mass is 15.3. The van der Waals surface area contributed by atoms with E-state index in [0.717, 1.165) is 63.9 Å². The Balaban J connectivity index is 2.20. The third-order valence-corrected chi connectivity index (χ3v) is 3.72. The van der Waals surface area contributed by atoms with Crippen molar-refractivity contribution < 1.29 is 0 Å². The summed E-state index contributed by atoms with van der Waals surface area (Å²) in [6.07, 6.45) is 3.80. The van der Waals surface area contributed by atoms with Crippen LogP contribution in [0.4, 0.5) is 0 Å². The first-order chi connectivity index (χ1) is 10.7. The topological polar surface area (TPSA) is 70.4 Å². The lowest BCUT2D eigenvalue weighted by atomic mass is 10.3. The lowest BCUT2D eigenvalue weighted by Crippen LogP contribution is -2.40. The van der Waals surface area contributed by atoms with Crippen LogP contribution in [0, 0.1) is 0 Å². The molecule has 7 heteroatoms. The Labute approximate surface area is 134 Å². The minimum absolute atomic E-state index is 0.806. The molecule has 0 atom stereocenters. The minimum atomic E-state index is 0.806. The molecule has 2 N–H and O–H groups in total. The van der Waals surface area contributed by atoms with E-state index in [1.807, 2.05) is 0 Å². The maximum atomic E-state index is 4.25. The van der Waals surface area contributed by atoms with Gasteiger partial charge in [-0.1, -0.05) is 20.8 Å². The number of aryl methyl sites for hydroxylation is 1. The summed E-state index contributed by atoms with van der Waals surface area (Å²) in [5.41, 5.74) is 0. The van der Waals surface area contributed by atoms with Gasteiger partial charge in [0.1, 0.15) is 12.2 Å². The predicted molar refractivity (Wildman–Crippen MR) is 91.2 cm³/mol. The van der Waals surface area contributed by atoms with Crippen molar-refractivity contribution in [3.05, 3.63) is 12.2 Å². The first-order valence-corrected chi connectivity index (χ1v) is 8.28. The number of nitrogens with one attached hydrogen (secondary N) is 2. The summed E-state index contributed by atoms with van der Waals surface area (Å²) in [5.74, 6) is 1.87. The number of aromatic nitrogens is 3. The fraction of sp³-hybridized carbons (Fsp3) is 0.800. The van der Waals surface area contributed by atoms with E-state index in [0.29, 0.717) is 0 Å². The molecule has 1 rings (SSSR count). The Morgan fingerprint density at radius 2 is 1.95 bits per heavy atom. The van der Waals surface area contributed by atoms with E-state index >= 15 is 0 Å². The van der Waals surface area contributed by atoms with E-state index in [1.54, 1.807) is 13.4 Å². The van der Waals surface area contributed by atoms with E-state index < -0.39 is 0 Å². The molecule has 7 nitrogen and oxygen atoms in total. The molecule has 0 unspecified atom stereocenters. The molecule has 0 bridgehead atoms. The number of nitrogens with zero attached hydrogens (tertiary/aromatic N) is 5. The molecule has 0 aliphatic carbocycles. The normalized spacial score (nSPS) is 12.0. The fourth-order valence-electron chi connectivity index (χ4n) is 2.30. The molecule has 1 heterocycles. The predicted octanol–water partition coefficient (Wildman–Crippen LogP) is 0.737. The van der Waals surface area contributed by atoms with Gasteiger partial charge >= 0.3 is 0 Å². The third-order valence-electron chi connectivity index (χ3n) is 3.72. The monoisotopic (exact) mass is 309 g/mol. The van der Waals surface area contributed by atoms with Crippen molar-refractivity contribution in [2.45, 2.75) is 40.2 Å². The third kappa shape index (κ3) is 6.43. The lowest BCUT2D eigenvalue weighted by molar-refractivity contribution is 0.300. The summed E-state index contributed by atoms with van der Waals surface area (Å²) in [5, 5.41) is 14.7. The molecular weight excluding hydrogens is 278 g/mol. The van der Waals surface area contributed by atoms with Crippen molar-refractivity contribution in [3.63, 3.8) is 0 Å². The zero-order valence-corrected chi connectivity index (χ0v) is 14.5. The second-order valence-corrected chi connectivity index (χ2v) is 5.10. The molecule has 0 spiro atoms. The van der Waals surface area contributed by atoms with Gasteiger partial charge in [-0.25, -0.2) is 0 Å². The van der Waals surface area contributed by atoms with Crippen molar-refractivity contribution in [1.29, 1.82) is 0 Å². The number of guanidine groups is 1. The maximum Gasteiger partial charge on any atom is 0.191 e. The van der Waals surface area contributed by atoms with Gasteiger partial charge < -0.3 is 20.1 Å². The van der Waals surface area contributed by atoms with E-state index in [4.69, 9.17) is 0 Å². The molecule has 0 aliphatic rings. The number of rotatable bonds is 10. The zero-order valence-electron chi connectivity index (χ0n) is 14.5. The Morgan fingerprint density at radius 3 is 2.59 bits per heavy atom. The van der Waals surface area contributed by atoms with E-state index in [1.165, 1.54) is 0 Å². The van der Waals surface area contributed by atoms with Crippen molar-refractivity contribution in [3.8, 4) is 0 Å². The Hall–Kier alpha value is -1.63. The van der Waals surface area contributed by atoms with Crippen molar-refractivity contribution >= 4 is 5.96 Å². The summed E-state index contributed by atoms with van der Waals surface area (Å²) < 4.78 is 2.07. The Kier molecular flexibility index (Phi) is 9.21. The number of aliphatic imine (C=N–C) groups is 1. The molecule has 0 radical (unpaired) electrons. The lowest BCUT2D eigenvalue weighted by Gasteiger charge is -2.18. The van der Waals surface area contributed by atoms with Crippen LogP contribution in [-0.4, -0.2) is 65.4 Å². The average molecular weight is 309 g/mol. The van der Waals surface area contributed by atoms with Crippen LogP contribution in [0.25, 0.3) is 0 Å². The Bertz CT molecular complexity index is 423. The summed E-state index contributed by atoms with van der Waals surface area (Å²) in [6.45, 7) is 12.4. The van der Waals surface area contributed by atoms with Crippen LogP contribution in [0.1, 0.15) is 33.0 Å². The first kappa shape index (κ1) is 18.4. The van der Waals surface area contributed by atoms with Crippen LogP contribution in [0.3, 0.4) is 0 Å². The van der Waals surface area contributed by atoms with Crippen LogP contribution >= 0.6 is 0 Å². The van der Waals surface area contributed by atoms with Crippen LogP contribution in [0.15, 0.2) is 11.3 Å².